The molecule has 0 radical (unpaired) electrons. The molecule has 0 aliphatic carbocycles. The van der Waals surface area contributed by atoms with Crippen LogP contribution in [0.15, 0.2) is 30.6 Å². The van der Waals surface area contributed by atoms with Gasteiger partial charge in [0.15, 0.2) is 17.3 Å². The SMILES string of the molecule is COc1ccc(/C=C/C(=O)c2cnn(C)c2)c(OC)c1OC. The average molecular weight is 302 g/mol. The molecule has 6 heteroatoms. The topological polar surface area (TPSA) is 62.6 Å². The van der Waals surface area contributed by atoms with E-state index < -0.39 is 0 Å². The molecule has 0 bridgehead atoms. The summed E-state index contributed by atoms with van der Waals surface area (Å²) in [7, 11) is 6.39. The van der Waals surface area contributed by atoms with Gasteiger partial charge in [0.1, 0.15) is 0 Å². The number of carbonyl (C=O) groups excluding carboxylic acids is 1. The Bertz CT molecular complexity index is 704. The predicted molar refractivity (Wildman–Crippen MR) is 82.7 cm³/mol. The predicted octanol–water partition coefficient (Wildman–Crippen LogP) is 2.34. The molecule has 2 aromatic rings. The second kappa shape index (κ2) is 6.80. The van der Waals surface area contributed by atoms with Gasteiger partial charge in [-0.25, -0.2) is 0 Å². The quantitative estimate of drug-likeness (QED) is 0.605. The summed E-state index contributed by atoms with van der Waals surface area (Å²) in [6.07, 6.45) is 6.34. The van der Waals surface area contributed by atoms with Crippen LogP contribution in [0.3, 0.4) is 0 Å². The molecule has 0 aliphatic heterocycles. The minimum Gasteiger partial charge on any atom is -0.493 e. The maximum absolute atomic E-state index is 12.1. The number of benzene rings is 1. The van der Waals surface area contributed by atoms with Crippen LogP contribution in [-0.4, -0.2) is 36.9 Å². The van der Waals surface area contributed by atoms with E-state index in [-0.39, 0.29) is 5.78 Å². The van der Waals surface area contributed by atoms with Gasteiger partial charge in [0, 0.05) is 18.8 Å². The van der Waals surface area contributed by atoms with Gasteiger partial charge in [0.05, 0.1) is 33.1 Å². The van der Waals surface area contributed by atoms with Crippen molar-refractivity contribution in [2.45, 2.75) is 0 Å². The summed E-state index contributed by atoms with van der Waals surface area (Å²) in [5, 5.41) is 3.98. The maximum Gasteiger partial charge on any atom is 0.203 e. The monoisotopic (exact) mass is 302 g/mol. The third-order valence-electron chi connectivity index (χ3n) is 3.14. The third kappa shape index (κ3) is 3.11. The fraction of sp³-hybridized carbons (Fsp3) is 0.250. The van der Waals surface area contributed by atoms with Crippen LogP contribution in [0.1, 0.15) is 15.9 Å². The third-order valence-corrected chi connectivity index (χ3v) is 3.14. The van der Waals surface area contributed by atoms with Crippen molar-refractivity contribution in [1.82, 2.24) is 9.78 Å². The zero-order valence-electron chi connectivity index (χ0n) is 13.0. The Balaban J connectivity index is 2.32. The number of hydrogen-bond acceptors (Lipinski definition) is 5. The number of nitrogens with zero attached hydrogens (tertiary/aromatic N) is 2. The molecule has 116 valence electrons. The van der Waals surface area contributed by atoms with E-state index in [9.17, 15) is 4.79 Å². The van der Waals surface area contributed by atoms with E-state index in [1.54, 1.807) is 43.2 Å². The maximum atomic E-state index is 12.1. The highest BCUT2D eigenvalue weighted by Crippen LogP contribution is 2.40. The Morgan fingerprint density at radius 2 is 1.86 bits per heavy atom. The summed E-state index contributed by atoms with van der Waals surface area (Å²) in [5.74, 6) is 1.43. The van der Waals surface area contributed by atoms with Crippen LogP contribution in [0.25, 0.3) is 6.08 Å². The molecule has 0 N–H and O–H groups in total. The standard InChI is InChI=1S/C16H18N2O4/c1-18-10-12(9-17-18)13(19)7-5-11-6-8-14(20-2)16(22-4)15(11)21-3/h5-10H,1-4H3/b7-5+. The van der Waals surface area contributed by atoms with Crippen LogP contribution in [-0.2, 0) is 7.05 Å². The number of hydrogen-bond donors (Lipinski definition) is 0. The van der Waals surface area contributed by atoms with Crippen molar-refractivity contribution in [2.75, 3.05) is 21.3 Å². The molecular weight excluding hydrogens is 284 g/mol. The Labute approximate surface area is 128 Å². The molecule has 0 saturated carbocycles. The number of allylic oxidation sites excluding steroid dienone is 1. The van der Waals surface area contributed by atoms with Gasteiger partial charge in [0.2, 0.25) is 5.75 Å². The lowest BCUT2D eigenvalue weighted by Crippen LogP contribution is -1.97. The minimum atomic E-state index is -0.134. The van der Waals surface area contributed by atoms with Crippen LogP contribution < -0.4 is 14.2 Å². The lowest BCUT2D eigenvalue weighted by molar-refractivity contribution is 0.104. The average Bonchev–Trinajstić information content (AvgIpc) is 2.97. The van der Waals surface area contributed by atoms with Crippen molar-refractivity contribution in [3.8, 4) is 17.2 Å². The van der Waals surface area contributed by atoms with Crippen molar-refractivity contribution in [1.29, 1.82) is 0 Å². The lowest BCUT2D eigenvalue weighted by Gasteiger charge is -2.13. The van der Waals surface area contributed by atoms with Crippen LogP contribution in [0.5, 0.6) is 17.2 Å². The van der Waals surface area contributed by atoms with Gasteiger partial charge < -0.3 is 14.2 Å². The van der Waals surface area contributed by atoms with Gasteiger partial charge >= 0.3 is 0 Å². The van der Waals surface area contributed by atoms with Crippen LogP contribution in [0.4, 0.5) is 0 Å². The fourth-order valence-corrected chi connectivity index (χ4v) is 2.07. The van der Waals surface area contributed by atoms with Crippen molar-refractivity contribution >= 4 is 11.9 Å². The van der Waals surface area contributed by atoms with Gasteiger partial charge in [-0.2, -0.15) is 5.10 Å². The summed E-state index contributed by atoms with van der Waals surface area (Å²) in [6, 6.07) is 3.56. The first-order chi connectivity index (χ1) is 10.6. The van der Waals surface area contributed by atoms with Gasteiger partial charge in [-0.1, -0.05) is 0 Å². The molecule has 1 aromatic carbocycles. The highest BCUT2D eigenvalue weighted by Gasteiger charge is 2.14. The van der Waals surface area contributed by atoms with Crippen molar-refractivity contribution in [3.63, 3.8) is 0 Å². The largest absolute Gasteiger partial charge is 0.493 e. The minimum absolute atomic E-state index is 0.134. The summed E-state index contributed by atoms with van der Waals surface area (Å²) in [4.78, 5) is 12.1. The first kappa shape index (κ1) is 15.6. The van der Waals surface area contributed by atoms with E-state index in [2.05, 4.69) is 5.10 Å². The van der Waals surface area contributed by atoms with Crippen LogP contribution in [0.2, 0.25) is 0 Å². The van der Waals surface area contributed by atoms with E-state index in [1.165, 1.54) is 26.5 Å². The summed E-state index contributed by atoms with van der Waals surface area (Å²) < 4.78 is 17.5. The van der Waals surface area contributed by atoms with Gasteiger partial charge in [0.25, 0.3) is 0 Å². The Hall–Kier alpha value is -2.76. The van der Waals surface area contributed by atoms with E-state index in [4.69, 9.17) is 14.2 Å². The van der Waals surface area contributed by atoms with Gasteiger partial charge in [-0.05, 0) is 24.3 Å². The van der Waals surface area contributed by atoms with E-state index in [0.717, 1.165) is 5.56 Å². The normalized spacial score (nSPS) is 10.7. The highest BCUT2D eigenvalue weighted by molar-refractivity contribution is 6.06. The first-order valence-corrected chi connectivity index (χ1v) is 6.60. The molecule has 6 nitrogen and oxygen atoms in total. The molecule has 0 aliphatic rings. The number of aromatic nitrogens is 2. The second-order valence-corrected chi connectivity index (χ2v) is 4.52. The molecule has 0 amide bonds. The number of carbonyl (C=O) groups is 1. The number of methoxy groups -OCH3 is 3. The lowest BCUT2D eigenvalue weighted by atomic mass is 10.1. The van der Waals surface area contributed by atoms with Gasteiger partial charge in [-0.3, -0.25) is 9.48 Å². The van der Waals surface area contributed by atoms with E-state index in [1.807, 2.05) is 0 Å². The molecule has 22 heavy (non-hydrogen) atoms. The Kier molecular flexibility index (Phi) is 4.83. The fourth-order valence-electron chi connectivity index (χ4n) is 2.07. The van der Waals surface area contributed by atoms with Crippen molar-refractivity contribution in [2.24, 2.45) is 7.05 Å². The Morgan fingerprint density at radius 3 is 2.41 bits per heavy atom. The van der Waals surface area contributed by atoms with E-state index >= 15 is 0 Å². The molecule has 2 rings (SSSR count). The highest BCUT2D eigenvalue weighted by atomic mass is 16.5. The smallest absolute Gasteiger partial charge is 0.203 e. The molecule has 0 fully saturated rings. The Morgan fingerprint density at radius 1 is 1.14 bits per heavy atom. The molecule has 1 heterocycles. The van der Waals surface area contributed by atoms with Crippen LogP contribution >= 0.6 is 0 Å². The summed E-state index contributed by atoms with van der Waals surface area (Å²) in [6.45, 7) is 0. The van der Waals surface area contributed by atoms with Crippen molar-refractivity contribution < 1.29 is 19.0 Å². The molecule has 0 saturated heterocycles. The number of ether oxygens (including phenoxy) is 3. The van der Waals surface area contributed by atoms with Crippen molar-refractivity contribution in [3.05, 3.63) is 41.7 Å². The van der Waals surface area contributed by atoms with E-state index in [0.29, 0.717) is 22.8 Å². The van der Waals surface area contributed by atoms with Crippen LogP contribution in [0, 0.1) is 0 Å². The first-order valence-electron chi connectivity index (χ1n) is 6.60. The zero-order chi connectivity index (χ0) is 16.1. The summed E-state index contributed by atoms with van der Waals surface area (Å²) in [5.41, 5.74) is 1.25. The number of rotatable bonds is 6. The molecular formula is C16H18N2O4. The molecule has 1 aromatic heterocycles. The zero-order valence-corrected chi connectivity index (χ0v) is 13.0. The van der Waals surface area contributed by atoms with Gasteiger partial charge in [-0.15, -0.1) is 0 Å². The summed E-state index contributed by atoms with van der Waals surface area (Å²) >= 11 is 0. The molecule has 0 spiro atoms. The number of ketones is 1. The number of aryl methyl sites for hydroxylation is 1. The second-order valence-electron chi connectivity index (χ2n) is 4.52. The molecule has 0 unspecified atom stereocenters. The molecule has 0 atom stereocenters.